The molecule has 0 bridgehead atoms. The first-order valence-electron chi connectivity index (χ1n) is 6.84. The number of hydrogen-bond donors (Lipinski definition) is 1. The Kier molecular flexibility index (Phi) is 4.81. The van der Waals surface area contributed by atoms with Crippen molar-refractivity contribution < 1.29 is 4.74 Å². The standard InChI is InChI=1S/C14H29NO/c1-7-14(6)12(15-8-2)9-13(14)16-11(5)10(3)4/h10-13,15H,7-9H2,1-6H3. The minimum Gasteiger partial charge on any atom is -0.374 e. The van der Waals surface area contributed by atoms with E-state index in [0.29, 0.717) is 29.6 Å². The maximum Gasteiger partial charge on any atom is 0.0662 e. The second kappa shape index (κ2) is 5.50. The Labute approximate surface area is 101 Å². The lowest BCUT2D eigenvalue weighted by Crippen LogP contribution is -2.62. The summed E-state index contributed by atoms with van der Waals surface area (Å²) < 4.78 is 6.19. The van der Waals surface area contributed by atoms with Gasteiger partial charge in [0.05, 0.1) is 12.2 Å². The molecular weight excluding hydrogens is 198 g/mol. The molecule has 0 aromatic carbocycles. The van der Waals surface area contributed by atoms with Gasteiger partial charge in [-0.15, -0.1) is 0 Å². The Hall–Kier alpha value is -0.0800. The first kappa shape index (κ1) is 14.0. The molecule has 4 unspecified atom stereocenters. The van der Waals surface area contributed by atoms with Crippen LogP contribution < -0.4 is 5.32 Å². The Balaban J connectivity index is 2.51. The van der Waals surface area contributed by atoms with Crippen molar-refractivity contribution in [3.05, 3.63) is 0 Å². The van der Waals surface area contributed by atoms with Gasteiger partial charge in [-0.3, -0.25) is 0 Å². The monoisotopic (exact) mass is 227 g/mol. The Bertz CT molecular complexity index is 217. The van der Waals surface area contributed by atoms with Crippen LogP contribution in [0.2, 0.25) is 0 Å². The van der Waals surface area contributed by atoms with Crippen LogP contribution in [0, 0.1) is 11.3 Å². The zero-order valence-electron chi connectivity index (χ0n) is 11.8. The summed E-state index contributed by atoms with van der Waals surface area (Å²) >= 11 is 0. The normalized spacial score (nSPS) is 36.2. The van der Waals surface area contributed by atoms with Crippen molar-refractivity contribution in [3.63, 3.8) is 0 Å². The van der Waals surface area contributed by atoms with Crippen LogP contribution in [0.5, 0.6) is 0 Å². The van der Waals surface area contributed by atoms with Crippen LogP contribution in [-0.4, -0.2) is 24.8 Å². The van der Waals surface area contributed by atoms with Gasteiger partial charge >= 0.3 is 0 Å². The lowest BCUT2D eigenvalue weighted by Gasteiger charge is -2.54. The first-order chi connectivity index (χ1) is 7.45. The van der Waals surface area contributed by atoms with Gasteiger partial charge < -0.3 is 10.1 Å². The highest BCUT2D eigenvalue weighted by Gasteiger charge is 2.51. The summed E-state index contributed by atoms with van der Waals surface area (Å²) in [7, 11) is 0. The number of hydrogen-bond acceptors (Lipinski definition) is 2. The summed E-state index contributed by atoms with van der Waals surface area (Å²) in [4.78, 5) is 0. The molecule has 1 rings (SSSR count). The van der Waals surface area contributed by atoms with Crippen molar-refractivity contribution in [2.75, 3.05) is 6.54 Å². The van der Waals surface area contributed by atoms with E-state index in [1.54, 1.807) is 0 Å². The molecule has 0 radical (unpaired) electrons. The molecule has 1 N–H and O–H groups in total. The van der Waals surface area contributed by atoms with E-state index in [1.165, 1.54) is 12.8 Å². The SMILES string of the molecule is CCNC1CC(OC(C)C(C)C)C1(C)CC. The summed E-state index contributed by atoms with van der Waals surface area (Å²) in [6.45, 7) is 14.5. The third kappa shape index (κ3) is 2.60. The van der Waals surface area contributed by atoms with E-state index < -0.39 is 0 Å². The molecule has 0 aromatic heterocycles. The van der Waals surface area contributed by atoms with Gasteiger partial charge in [-0.1, -0.05) is 34.6 Å². The van der Waals surface area contributed by atoms with Gasteiger partial charge in [0.25, 0.3) is 0 Å². The van der Waals surface area contributed by atoms with Gasteiger partial charge in [0.15, 0.2) is 0 Å². The summed E-state index contributed by atoms with van der Waals surface area (Å²) in [5.74, 6) is 0.610. The molecule has 0 spiro atoms. The van der Waals surface area contributed by atoms with Gasteiger partial charge in [0.1, 0.15) is 0 Å². The second-order valence-electron chi connectivity index (χ2n) is 5.78. The molecule has 2 nitrogen and oxygen atoms in total. The lowest BCUT2D eigenvalue weighted by atomic mass is 9.61. The lowest BCUT2D eigenvalue weighted by molar-refractivity contribution is -0.161. The van der Waals surface area contributed by atoms with Crippen molar-refractivity contribution in [1.82, 2.24) is 5.32 Å². The smallest absolute Gasteiger partial charge is 0.0662 e. The van der Waals surface area contributed by atoms with Crippen LogP contribution >= 0.6 is 0 Å². The molecule has 0 amide bonds. The van der Waals surface area contributed by atoms with Crippen LogP contribution in [0.1, 0.15) is 54.4 Å². The zero-order chi connectivity index (χ0) is 12.3. The molecule has 0 heterocycles. The molecule has 0 aromatic rings. The summed E-state index contributed by atoms with van der Waals surface area (Å²) in [5.41, 5.74) is 0.332. The van der Waals surface area contributed by atoms with E-state index in [4.69, 9.17) is 4.74 Å². The minimum atomic E-state index is 0.332. The molecule has 0 aliphatic heterocycles. The van der Waals surface area contributed by atoms with Gasteiger partial charge in [-0.05, 0) is 32.2 Å². The van der Waals surface area contributed by atoms with E-state index in [1.807, 2.05) is 0 Å². The van der Waals surface area contributed by atoms with Crippen LogP contribution in [0.3, 0.4) is 0 Å². The third-order valence-corrected chi connectivity index (χ3v) is 4.51. The minimum absolute atomic E-state index is 0.332. The van der Waals surface area contributed by atoms with Crippen molar-refractivity contribution in [3.8, 4) is 0 Å². The molecule has 0 saturated heterocycles. The fourth-order valence-corrected chi connectivity index (χ4v) is 2.48. The Morgan fingerprint density at radius 3 is 2.38 bits per heavy atom. The zero-order valence-corrected chi connectivity index (χ0v) is 11.8. The molecule has 96 valence electrons. The fourth-order valence-electron chi connectivity index (χ4n) is 2.48. The fraction of sp³-hybridized carbons (Fsp3) is 1.00. The largest absolute Gasteiger partial charge is 0.374 e. The van der Waals surface area contributed by atoms with E-state index in [9.17, 15) is 0 Å². The predicted molar refractivity (Wildman–Crippen MR) is 69.7 cm³/mol. The number of nitrogens with one attached hydrogen (secondary N) is 1. The van der Waals surface area contributed by atoms with E-state index in [-0.39, 0.29) is 0 Å². The Morgan fingerprint density at radius 1 is 1.31 bits per heavy atom. The maximum absolute atomic E-state index is 6.19. The predicted octanol–water partition coefficient (Wildman–Crippen LogP) is 3.21. The second-order valence-corrected chi connectivity index (χ2v) is 5.78. The number of rotatable bonds is 6. The Morgan fingerprint density at radius 2 is 1.94 bits per heavy atom. The molecule has 16 heavy (non-hydrogen) atoms. The highest BCUT2D eigenvalue weighted by molar-refractivity contribution is 5.04. The van der Waals surface area contributed by atoms with Crippen LogP contribution in [-0.2, 0) is 4.74 Å². The average molecular weight is 227 g/mol. The van der Waals surface area contributed by atoms with E-state index in [0.717, 1.165) is 6.54 Å². The van der Waals surface area contributed by atoms with Crippen molar-refractivity contribution in [2.24, 2.45) is 11.3 Å². The van der Waals surface area contributed by atoms with E-state index in [2.05, 4.69) is 46.9 Å². The molecule has 4 atom stereocenters. The van der Waals surface area contributed by atoms with Crippen molar-refractivity contribution >= 4 is 0 Å². The molecule has 2 heteroatoms. The van der Waals surface area contributed by atoms with Gasteiger partial charge in [0.2, 0.25) is 0 Å². The van der Waals surface area contributed by atoms with Gasteiger partial charge in [-0.25, -0.2) is 0 Å². The molecule has 1 saturated carbocycles. The van der Waals surface area contributed by atoms with Crippen molar-refractivity contribution in [1.29, 1.82) is 0 Å². The maximum atomic E-state index is 6.19. The highest BCUT2D eigenvalue weighted by atomic mass is 16.5. The van der Waals surface area contributed by atoms with Crippen LogP contribution in [0.4, 0.5) is 0 Å². The highest BCUT2D eigenvalue weighted by Crippen LogP contribution is 2.46. The summed E-state index contributed by atoms with van der Waals surface area (Å²) in [6.07, 6.45) is 3.19. The quantitative estimate of drug-likeness (QED) is 0.752. The van der Waals surface area contributed by atoms with Crippen LogP contribution in [0.15, 0.2) is 0 Å². The van der Waals surface area contributed by atoms with Gasteiger partial charge in [0, 0.05) is 11.5 Å². The molecule has 1 fully saturated rings. The van der Waals surface area contributed by atoms with Crippen LogP contribution in [0.25, 0.3) is 0 Å². The number of ether oxygens (including phenoxy) is 1. The third-order valence-electron chi connectivity index (χ3n) is 4.51. The summed E-state index contributed by atoms with van der Waals surface area (Å²) in [5, 5.41) is 3.58. The topological polar surface area (TPSA) is 21.3 Å². The van der Waals surface area contributed by atoms with Gasteiger partial charge in [-0.2, -0.15) is 0 Å². The molecular formula is C14H29NO. The summed E-state index contributed by atoms with van der Waals surface area (Å²) in [6, 6.07) is 0.645. The average Bonchev–Trinajstić information content (AvgIpc) is 2.26. The first-order valence-corrected chi connectivity index (χ1v) is 6.84. The van der Waals surface area contributed by atoms with Crippen molar-refractivity contribution in [2.45, 2.75) is 72.6 Å². The molecule has 1 aliphatic rings. The van der Waals surface area contributed by atoms with E-state index >= 15 is 0 Å². The molecule has 1 aliphatic carbocycles.